The first-order chi connectivity index (χ1) is 11.1. The minimum Gasteiger partial charge on any atom is -0.322 e. The van der Waals surface area contributed by atoms with Gasteiger partial charge in [0.25, 0.3) is 11.6 Å². The van der Waals surface area contributed by atoms with Gasteiger partial charge in [-0.15, -0.1) is 0 Å². The lowest BCUT2D eigenvalue weighted by molar-refractivity contribution is -0.385. The molecule has 0 spiro atoms. The van der Waals surface area contributed by atoms with Crippen molar-refractivity contribution in [3.05, 3.63) is 68.2 Å². The summed E-state index contributed by atoms with van der Waals surface area (Å²) in [5, 5.41) is 12.7. The van der Waals surface area contributed by atoms with E-state index in [-0.39, 0.29) is 22.5 Å². The fourth-order valence-electron chi connectivity index (χ4n) is 2.09. The number of anilines is 1. The monoisotopic (exact) mass is 358 g/mol. The van der Waals surface area contributed by atoms with Gasteiger partial charge >= 0.3 is 6.18 Å². The molecule has 0 atom stereocenters. The smallest absolute Gasteiger partial charge is 0.322 e. The molecule has 1 N–H and O–H groups in total. The molecule has 0 heterocycles. The van der Waals surface area contributed by atoms with Crippen molar-refractivity contribution in [1.82, 2.24) is 0 Å². The highest BCUT2D eigenvalue weighted by Crippen LogP contribution is 2.36. The second kappa shape index (κ2) is 6.48. The fraction of sp³-hybridized carbons (Fsp3) is 0.133. The Morgan fingerprint density at radius 2 is 1.92 bits per heavy atom. The van der Waals surface area contributed by atoms with Crippen LogP contribution in [0.1, 0.15) is 21.5 Å². The molecule has 1 amide bonds. The number of carbonyl (C=O) groups excluding carboxylic acids is 1. The number of rotatable bonds is 3. The van der Waals surface area contributed by atoms with Crippen LogP contribution in [-0.4, -0.2) is 10.8 Å². The zero-order valence-corrected chi connectivity index (χ0v) is 12.9. The Hall–Kier alpha value is -2.61. The molecule has 0 aliphatic rings. The van der Waals surface area contributed by atoms with Crippen molar-refractivity contribution in [1.29, 1.82) is 0 Å². The number of hydrogen-bond donors (Lipinski definition) is 1. The summed E-state index contributed by atoms with van der Waals surface area (Å²) in [5.74, 6) is -0.758. The molecular formula is C15H10ClF3N2O3. The lowest BCUT2D eigenvalue weighted by atomic mass is 10.1. The number of nitrogens with one attached hydrogen (secondary N) is 1. The molecule has 0 aliphatic heterocycles. The molecule has 2 aromatic carbocycles. The Morgan fingerprint density at radius 1 is 1.25 bits per heavy atom. The normalized spacial score (nSPS) is 11.2. The Bertz CT molecular complexity index is 822. The fourth-order valence-corrected chi connectivity index (χ4v) is 2.31. The number of carbonyl (C=O) groups is 1. The summed E-state index contributed by atoms with van der Waals surface area (Å²) in [6.45, 7) is 1.38. The summed E-state index contributed by atoms with van der Waals surface area (Å²) in [7, 11) is 0. The summed E-state index contributed by atoms with van der Waals surface area (Å²) < 4.78 is 38.5. The number of alkyl halides is 3. The second-order valence-corrected chi connectivity index (χ2v) is 5.26. The summed E-state index contributed by atoms with van der Waals surface area (Å²) in [5.41, 5.74) is -1.35. The Morgan fingerprint density at radius 3 is 2.50 bits per heavy atom. The molecule has 0 unspecified atom stereocenters. The van der Waals surface area contributed by atoms with E-state index in [1.807, 2.05) is 0 Å². The predicted molar refractivity (Wildman–Crippen MR) is 82.2 cm³/mol. The van der Waals surface area contributed by atoms with E-state index >= 15 is 0 Å². The first kappa shape index (κ1) is 17.7. The van der Waals surface area contributed by atoms with E-state index in [2.05, 4.69) is 5.32 Å². The van der Waals surface area contributed by atoms with Crippen LogP contribution < -0.4 is 5.32 Å². The maximum absolute atomic E-state index is 12.8. The molecule has 0 radical (unpaired) electrons. The van der Waals surface area contributed by atoms with Gasteiger partial charge in [-0.25, -0.2) is 0 Å². The molecule has 0 aromatic heterocycles. The number of halogens is 4. The van der Waals surface area contributed by atoms with Crippen molar-refractivity contribution in [3.63, 3.8) is 0 Å². The largest absolute Gasteiger partial charge is 0.417 e. The third kappa shape index (κ3) is 3.65. The molecule has 9 heteroatoms. The maximum Gasteiger partial charge on any atom is 0.417 e. The molecule has 0 fully saturated rings. The Labute approximate surface area is 139 Å². The van der Waals surface area contributed by atoms with Crippen molar-refractivity contribution in [2.24, 2.45) is 0 Å². The van der Waals surface area contributed by atoms with Crippen LogP contribution in [0.3, 0.4) is 0 Å². The number of hydrogen-bond acceptors (Lipinski definition) is 3. The van der Waals surface area contributed by atoms with Gasteiger partial charge in [0.1, 0.15) is 0 Å². The van der Waals surface area contributed by atoms with Crippen molar-refractivity contribution >= 4 is 28.9 Å². The predicted octanol–water partition coefficient (Wildman–Crippen LogP) is 4.83. The number of nitrogens with zero attached hydrogens (tertiary/aromatic N) is 1. The topological polar surface area (TPSA) is 72.2 Å². The molecule has 126 valence electrons. The zero-order valence-electron chi connectivity index (χ0n) is 12.1. The van der Waals surface area contributed by atoms with Gasteiger partial charge in [-0.3, -0.25) is 14.9 Å². The van der Waals surface area contributed by atoms with Crippen LogP contribution in [0.15, 0.2) is 36.4 Å². The van der Waals surface area contributed by atoms with Gasteiger partial charge in [-0.1, -0.05) is 17.7 Å². The van der Waals surface area contributed by atoms with Crippen molar-refractivity contribution in [2.75, 3.05) is 5.32 Å². The summed E-state index contributed by atoms with van der Waals surface area (Å²) in [4.78, 5) is 22.4. The number of benzene rings is 2. The van der Waals surface area contributed by atoms with Gasteiger partial charge in [0.2, 0.25) is 0 Å². The summed E-state index contributed by atoms with van der Waals surface area (Å²) >= 11 is 5.51. The minimum absolute atomic E-state index is 0.00675. The van der Waals surface area contributed by atoms with E-state index in [0.717, 1.165) is 6.07 Å². The molecule has 24 heavy (non-hydrogen) atoms. The average molecular weight is 359 g/mol. The quantitative estimate of drug-likeness (QED) is 0.631. The first-order valence-electron chi connectivity index (χ1n) is 6.53. The lowest BCUT2D eigenvalue weighted by Crippen LogP contribution is -2.15. The second-order valence-electron chi connectivity index (χ2n) is 4.85. The molecule has 2 aromatic rings. The number of nitro groups is 1. The van der Waals surface area contributed by atoms with Crippen LogP contribution in [0.25, 0.3) is 0 Å². The molecule has 0 saturated heterocycles. The van der Waals surface area contributed by atoms with E-state index in [1.54, 1.807) is 0 Å². The van der Waals surface area contributed by atoms with Crippen molar-refractivity contribution in [2.45, 2.75) is 13.1 Å². The van der Waals surface area contributed by atoms with E-state index < -0.39 is 27.6 Å². The van der Waals surface area contributed by atoms with Crippen LogP contribution >= 0.6 is 11.6 Å². The van der Waals surface area contributed by atoms with Crippen LogP contribution in [-0.2, 0) is 6.18 Å². The van der Waals surface area contributed by atoms with E-state index in [1.165, 1.54) is 31.2 Å². The van der Waals surface area contributed by atoms with Gasteiger partial charge < -0.3 is 5.32 Å². The Kier molecular flexibility index (Phi) is 4.79. The first-order valence-corrected chi connectivity index (χ1v) is 6.91. The lowest BCUT2D eigenvalue weighted by Gasteiger charge is -2.12. The van der Waals surface area contributed by atoms with Crippen LogP contribution in [0.4, 0.5) is 24.5 Å². The molecule has 2 rings (SSSR count). The maximum atomic E-state index is 12.8. The third-order valence-electron chi connectivity index (χ3n) is 3.28. The van der Waals surface area contributed by atoms with Crippen LogP contribution in [0.2, 0.25) is 5.02 Å². The van der Waals surface area contributed by atoms with Crippen molar-refractivity contribution in [3.8, 4) is 0 Å². The molecular weight excluding hydrogens is 349 g/mol. The van der Waals surface area contributed by atoms with E-state index in [0.29, 0.717) is 6.07 Å². The van der Waals surface area contributed by atoms with Crippen LogP contribution in [0, 0.1) is 17.0 Å². The van der Waals surface area contributed by atoms with Gasteiger partial charge in [0, 0.05) is 22.9 Å². The van der Waals surface area contributed by atoms with Gasteiger partial charge in [-0.2, -0.15) is 13.2 Å². The Balaban J connectivity index is 2.35. The average Bonchev–Trinajstić information content (AvgIpc) is 2.47. The van der Waals surface area contributed by atoms with Gasteiger partial charge in [0.15, 0.2) is 0 Å². The third-order valence-corrected chi connectivity index (χ3v) is 3.61. The molecule has 0 aliphatic carbocycles. The van der Waals surface area contributed by atoms with Gasteiger partial charge in [0.05, 0.1) is 15.5 Å². The SMILES string of the molecule is Cc1c(C(=O)Nc2ccc(Cl)c(C(F)(F)F)c2)cccc1[N+](=O)[O-]. The number of nitro benzene ring substituents is 1. The van der Waals surface area contributed by atoms with Crippen molar-refractivity contribution < 1.29 is 22.9 Å². The van der Waals surface area contributed by atoms with E-state index in [9.17, 15) is 28.1 Å². The zero-order chi connectivity index (χ0) is 18.1. The molecule has 5 nitrogen and oxygen atoms in total. The summed E-state index contributed by atoms with van der Waals surface area (Å²) in [6.07, 6.45) is -4.67. The number of amides is 1. The van der Waals surface area contributed by atoms with Gasteiger partial charge in [-0.05, 0) is 31.2 Å². The molecule has 0 bridgehead atoms. The standard InChI is InChI=1S/C15H10ClF3N2O3/c1-8-10(3-2-4-13(8)21(23)24)14(22)20-9-5-6-12(16)11(7-9)15(17,18)19/h2-7H,1H3,(H,20,22). The minimum atomic E-state index is -4.67. The van der Waals surface area contributed by atoms with E-state index in [4.69, 9.17) is 11.6 Å². The van der Waals surface area contributed by atoms with Crippen LogP contribution in [0.5, 0.6) is 0 Å². The summed E-state index contributed by atoms with van der Waals surface area (Å²) in [6, 6.07) is 6.83. The highest BCUT2D eigenvalue weighted by atomic mass is 35.5. The highest BCUT2D eigenvalue weighted by Gasteiger charge is 2.33. The molecule has 0 saturated carbocycles. The highest BCUT2D eigenvalue weighted by molar-refractivity contribution is 6.31.